The molecular weight excluding hydrogens is 234 g/mol. The van der Waals surface area contributed by atoms with Crippen LogP contribution in [0.15, 0.2) is 0 Å². The molecule has 0 saturated carbocycles. The highest BCUT2D eigenvalue weighted by atomic mass is 16.5. The zero-order valence-electron chi connectivity index (χ0n) is 11.6. The minimum absolute atomic E-state index is 0.238. The van der Waals surface area contributed by atoms with Crippen molar-refractivity contribution in [1.82, 2.24) is 5.32 Å². The summed E-state index contributed by atoms with van der Waals surface area (Å²) in [6, 6.07) is 0.238. The van der Waals surface area contributed by atoms with Crippen LogP contribution in [0.5, 0.6) is 0 Å². The molecule has 0 aliphatic heterocycles. The molecule has 1 atom stereocenters. The van der Waals surface area contributed by atoms with E-state index in [0.717, 1.165) is 13.1 Å². The van der Waals surface area contributed by atoms with E-state index in [-0.39, 0.29) is 6.04 Å². The smallest absolute Gasteiger partial charge is 0.0701 e. The lowest BCUT2D eigenvalue weighted by Crippen LogP contribution is -2.33. The highest BCUT2D eigenvalue weighted by molar-refractivity contribution is 4.56. The molecule has 0 spiro atoms. The van der Waals surface area contributed by atoms with Crippen LogP contribution in [-0.2, 0) is 9.47 Å². The van der Waals surface area contributed by atoms with Crippen molar-refractivity contribution in [3.63, 3.8) is 0 Å². The Kier molecular flexibility index (Phi) is 21.2. The average Bonchev–Trinajstić information content (AvgIpc) is 2.34. The Morgan fingerprint density at radius 3 is 1.72 bits per heavy atom. The van der Waals surface area contributed by atoms with Gasteiger partial charge in [0.05, 0.1) is 26.4 Å². The van der Waals surface area contributed by atoms with Gasteiger partial charge in [-0.25, -0.2) is 0 Å². The van der Waals surface area contributed by atoms with Crippen molar-refractivity contribution >= 4 is 0 Å². The molecule has 0 aromatic rings. The summed E-state index contributed by atoms with van der Waals surface area (Å²) >= 11 is 0. The van der Waals surface area contributed by atoms with Gasteiger partial charge in [0.1, 0.15) is 0 Å². The summed E-state index contributed by atoms with van der Waals surface area (Å²) in [5.74, 6) is 0. The molecule has 0 aromatic carbocycles. The fraction of sp³-hybridized carbons (Fsp3) is 1.00. The summed E-state index contributed by atoms with van der Waals surface area (Å²) in [5, 5.41) is 3.08. The molecule has 7 heteroatoms. The van der Waals surface area contributed by atoms with Gasteiger partial charge in [0.15, 0.2) is 0 Å². The van der Waals surface area contributed by atoms with Gasteiger partial charge >= 0.3 is 0 Å². The van der Waals surface area contributed by atoms with Crippen LogP contribution in [0.25, 0.3) is 0 Å². The second-order valence-electron chi connectivity index (χ2n) is 3.77. The summed E-state index contributed by atoms with van der Waals surface area (Å²) in [6.45, 7) is 7.93. The summed E-state index contributed by atoms with van der Waals surface area (Å²) in [7, 11) is 0. The lowest BCUT2D eigenvalue weighted by molar-refractivity contribution is 0.0538. The van der Waals surface area contributed by atoms with Crippen LogP contribution in [0.3, 0.4) is 0 Å². The van der Waals surface area contributed by atoms with Crippen LogP contribution in [0.2, 0.25) is 0 Å². The van der Waals surface area contributed by atoms with Gasteiger partial charge in [0.25, 0.3) is 0 Å². The predicted molar refractivity (Wildman–Crippen MR) is 75.3 cm³/mol. The van der Waals surface area contributed by atoms with Gasteiger partial charge in [-0.05, 0) is 6.92 Å². The van der Waals surface area contributed by atoms with Crippen molar-refractivity contribution in [3.05, 3.63) is 0 Å². The summed E-state index contributed by atoms with van der Waals surface area (Å²) in [5.41, 5.74) is 21.0. The van der Waals surface area contributed by atoms with E-state index in [9.17, 15) is 0 Å². The zero-order valence-corrected chi connectivity index (χ0v) is 11.6. The molecule has 0 rings (SSSR count). The highest BCUT2D eigenvalue weighted by Crippen LogP contribution is 1.75. The molecule has 0 fully saturated rings. The molecule has 18 heavy (non-hydrogen) atoms. The molecule has 0 amide bonds. The molecule has 0 aliphatic rings. The monoisotopic (exact) mass is 265 g/mol. The third-order valence-corrected chi connectivity index (χ3v) is 1.68. The fourth-order valence-corrected chi connectivity index (χ4v) is 0.920. The van der Waals surface area contributed by atoms with Crippen molar-refractivity contribution in [2.45, 2.75) is 13.0 Å². The minimum atomic E-state index is 0.238. The van der Waals surface area contributed by atoms with Gasteiger partial charge in [-0.3, -0.25) is 0 Å². The van der Waals surface area contributed by atoms with Crippen LogP contribution in [0.4, 0.5) is 0 Å². The second kappa shape index (κ2) is 19.1. The first-order chi connectivity index (χ1) is 8.68. The topological polar surface area (TPSA) is 135 Å². The first-order valence-electron chi connectivity index (χ1n) is 6.41. The first-order valence-corrected chi connectivity index (χ1v) is 6.41. The molecule has 0 heterocycles. The van der Waals surface area contributed by atoms with Gasteiger partial charge in [-0.15, -0.1) is 0 Å². The standard InChI is InChI=1S/C6H16N2O2.C5H15N3/c7-1-3-9-5-6-10-4-2-8;1-5(7)4-8-3-2-6/h1-8H2;5,8H,2-4,6-7H2,1H3. The second-order valence-corrected chi connectivity index (χ2v) is 3.77. The number of hydrogen-bond acceptors (Lipinski definition) is 7. The normalized spacial score (nSPS) is 11.8. The first kappa shape index (κ1) is 20.0. The van der Waals surface area contributed by atoms with Crippen LogP contribution >= 0.6 is 0 Å². The largest absolute Gasteiger partial charge is 0.378 e. The Labute approximate surface area is 111 Å². The summed E-state index contributed by atoms with van der Waals surface area (Å²) in [4.78, 5) is 0. The molecule has 0 radical (unpaired) electrons. The SMILES string of the molecule is CC(N)CNCCN.NCCOCCOCCN. The van der Waals surface area contributed by atoms with Crippen molar-refractivity contribution in [2.24, 2.45) is 22.9 Å². The van der Waals surface area contributed by atoms with Gasteiger partial charge in [-0.2, -0.15) is 0 Å². The van der Waals surface area contributed by atoms with Gasteiger partial charge < -0.3 is 37.7 Å². The highest BCUT2D eigenvalue weighted by Gasteiger charge is 1.88. The molecule has 7 nitrogen and oxygen atoms in total. The Bertz CT molecular complexity index is 131. The van der Waals surface area contributed by atoms with Crippen LogP contribution < -0.4 is 28.3 Å². The lowest BCUT2D eigenvalue weighted by Gasteiger charge is -2.04. The molecule has 0 saturated heterocycles. The molecule has 0 bridgehead atoms. The van der Waals surface area contributed by atoms with Crippen molar-refractivity contribution in [1.29, 1.82) is 0 Å². The molecule has 1 unspecified atom stereocenters. The average molecular weight is 265 g/mol. The van der Waals surface area contributed by atoms with E-state index in [4.69, 9.17) is 32.4 Å². The quantitative estimate of drug-likeness (QED) is 0.268. The molecular formula is C11H31N5O2. The molecule has 0 aromatic heterocycles. The molecule has 112 valence electrons. The van der Waals surface area contributed by atoms with E-state index in [1.165, 1.54) is 0 Å². The fourth-order valence-electron chi connectivity index (χ4n) is 0.920. The molecule has 9 N–H and O–H groups in total. The number of hydrogen-bond donors (Lipinski definition) is 5. The minimum Gasteiger partial charge on any atom is -0.378 e. The maximum Gasteiger partial charge on any atom is 0.0701 e. The van der Waals surface area contributed by atoms with Gasteiger partial charge in [0.2, 0.25) is 0 Å². The summed E-state index contributed by atoms with van der Waals surface area (Å²) in [6.07, 6.45) is 0. The van der Waals surface area contributed by atoms with Gasteiger partial charge in [-0.1, -0.05) is 0 Å². The predicted octanol–water partition coefficient (Wildman–Crippen LogP) is -2.18. The third-order valence-electron chi connectivity index (χ3n) is 1.68. The number of rotatable bonds is 11. The third kappa shape index (κ3) is 24.8. The van der Waals surface area contributed by atoms with Crippen molar-refractivity contribution in [2.75, 3.05) is 59.2 Å². The van der Waals surface area contributed by atoms with E-state index in [1.54, 1.807) is 0 Å². The number of ether oxygens (including phenoxy) is 2. The zero-order chi connectivity index (χ0) is 14.1. The van der Waals surface area contributed by atoms with E-state index in [0.29, 0.717) is 46.1 Å². The Morgan fingerprint density at radius 2 is 1.39 bits per heavy atom. The Morgan fingerprint density at radius 1 is 0.889 bits per heavy atom. The molecule has 0 aliphatic carbocycles. The van der Waals surface area contributed by atoms with Gasteiger partial charge in [0, 0.05) is 38.8 Å². The van der Waals surface area contributed by atoms with Crippen molar-refractivity contribution < 1.29 is 9.47 Å². The number of nitrogens with one attached hydrogen (secondary N) is 1. The van der Waals surface area contributed by atoms with E-state index < -0.39 is 0 Å². The Hall–Kier alpha value is -0.280. The lowest BCUT2D eigenvalue weighted by atomic mass is 10.4. The van der Waals surface area contributed by atoms with Crippen LogP contribution in [-0.4, -0.2) is 65.2 Å². The van der Waals surface area contributed by atoms with Crippen molar-refractivity contribution in [3.8, 4) is 0 Å². The summed E-state index contributed by atoms with van der Waals surface area (Å²) < 4.78 is 10.1. The number of nitrogens with two attached hydrogens (primary N) is 4. The van der Waals surface area contributed by atoms with Crippen LogP contribution in [0, 0.1) is 0 Å². The Balaban J connectivity index is 0. The maximum atomic E-state index is 5.43. The van der Waals surface area contributed by atoms with E-state index >= 15 is 0 Å². The maximum absolute atomic E-state index is 5.43. The van der Waals surface area contributed by atoms with Crippen LogP contribution in [0.1, 0.15) is 6.92 Å². The van der Waals surface area contributed by atoms with E-state index in [2.05, 4.69) is 5.32 Å². The van der Waals surface area contributed by atoms with E-state index in [1.807, 2.05) is 6.92 Å².